The van der Waals surface area contributed by atoms with Crippen LogP contribution in [0.15, 0.2) is 73.1 Å². The summed E-state index contributed by atoms with van der Waals surface area (Å²) >= 11 is 0. The first kappa shape index (κ1) is 17.7. The molecule has 0 fully saturated rings. The minimum Gasteiger partial charge on any atom is -0.484 e. The van der Waals surface area contributed by atoms with Gasteiger partial charge in [-0.05, 0) is 40.9 Å². The van der Waals surface area contributed by atoms with E-state index < -0.39 is 0 Å². The average molecular weight is 373 g/mol. The Morgan fingerprint density at radius 1 is 1.07 bits per heavy atom. The fourth-order valence-electron chi connectivity index (χ4n) is 3.14. The molecule has 0 saturated heterocycles. The first-order valence-electron chi connectivity index (χ1n) is 9.00. The molecule has 28 heavy (non-hydrogen) atoms. The highest BCUT2D eigenvalue weighted by Gasteiger charge is 2.17. The van der Waals surface area contributed by atoms with Gasteiger partial charge in [-0.15, -0.1) is 5.10 Å². The fraction of sp³-hybridized carbons (Fsp3) is 0.143. The van der Waals surface area contributed by atoms with E-state index in [0.717, 1.165) is 22.1 Å². The van der Waals surface area contributed by atoms with Crippen molar-refractivity contribution in [2.75, 3.05) is 18.1 Å². The van der Waals surface area contributed by atoms with Crippen LogP contribution in [0.5, 0.6) is 5.75 Å². The maximum atomic E-state index is 12.9. The van der Waals surface area contributed by atoms with Crippen molar-refractivity contribution in [3.63, 3.8) is 0 Å². The van der Waals surface area contributed by atoms with E-state index in [9.17, 15) is 4.79 Å². The zero-order valence-corrected chi connectivity index (χ0v) is 15.4. The molecule has 0 unspecified atom stereocenters. The molecule has 0 spiro atoms. The van der Waals surface area contributed by atoms with Crippen LogP contribution in [0.2, 0.25) is 0 Å². The molecule has 0 saturated carbocycles. The van der Waals surface area contributed by atoms with Crippen LogP contribution >= 0.6 is 0 Å². The van der Waals surface area contributed by atoms with Crippen LogP contribution in [-0.4, -0.2) is 39.3 Å². The number of hydrogen-bond acceptors (Lipinski definition) is 5. The Morgan fingerprint density at radius 3 is 2.71 bits per heavy atom. The van der Waals surface area contributed by atoms with Crippen LogP contribution in [-0.2, 0) is 4.79 Å². The number of tetrazole rings is 1. The molecule has 1 heterocycles. The number of fused-ring (bicyclic) bond motifs is 1. The third-order valence-electron chi connectivity index (χ3n) is 4.47. The maximum Gasteiger partial charge on any atom is 0.264 e. The number of benzene rings is 3. The molecule has 7 nitrogen and oxygen atoms in total. The molecule has 0 atom stereocenters. The summed E-state index contributed by atoms with van der Waals surface area (Å²) in [5.41, 5.74) is 1.65. The van der Waals surface area contributed by atoms with Gasteiger partial charge < -0.3 is 9.64 Å². The maximum absolute atomic E-state index is 12.9. The predicted molar refractivity (Wildman–Crippen MR) is 107 cm³/mol. The number of nitrogens with zero attached hydrogens (tertiary/aromatic N) is 5. The second kappa shape index (κ2) is 7.87. The SMILES string of the molecule is CCN(C(=O)COc1cccc(-n2cnnn2)c1)c1cccc2ccccc12. The van der Waals surface area contributed by atoms with E-state index >= 15 is 0 Å². The van der Waals surface area contributed by atoms with Crippen LogP contribution in [0.1, 0.15) is 6.92 Å². The highest BCUT2D eigenvalue weighted by molar-refractivity contribution is 6.04. The number of ether oxygens (including phenoxy) is 1. The molecule has 4 rings (SSSR count). The Kier molecular flexibility index (Phi) is 4.97. The average Bonchev–Trinajstić information content (AvgIpc) is 3.28. The lowest BCUT2D eigenvalue weighted by molar-refractivity contribution is -0.120. The molecule has 0 aliphatic carbocycles. The smallest absolute Gasteiger partial charge is 0.264 e. The molecule has 7 heteroatoms. The number of likely N-dealkylation sites (N-methyl/N-ethyl adjacent to an activating group) is 1. The van der Waals surface area contributed by atoms with Crippen molar-refractivity contribution in [1.82, 2.24) is 20.2 Å². The summed E-state index contributed by atoms with van der Waals surface area (Å²) in [6.07, 6.45) is 1.50. The molecular formula is C21H19N5O2. The number of rotatable bonds is 6. The Hall–Kier alpha value is -3.74. The monoisotopic (exact) mass is 373 g/mol. The van der Waals surface area contributed by atoms with Gasteiger partial charge in [-0.3, -0.25) is 4.79 Å². The molecule has 3 aromatic carbocycles. The van der Waals surface area contributed by atoms with Gasteiger partial charge in [0.05, 0.1) is 11.4 Å². The molecule has 140 valence electrons. The normalized spacial score (nSPS) is 10.8. The summed E-state index contributed by atoms with van der Waals surface area (Å²) in [6.45, 7) is 2.45. The number of carbonyl (C=O) groups is 1. The Labute approximate surface area is 162 Å². The number of hydrogen-bond donors (Lipinski definition) is 0. The van der Waals surface area contributed by atoms with Crippen LogP contribution in [0.3, 0.4) is 0 Å². The van der Waals surface area contributed by atoms with Gasteiger partial charge in [-0.2, -0.15) is 0 Å². The molecule has 0 radical (unpaired) electrons. The number of carbonyl (C=O) groups excluding carboxylic acids is 1. The lowest BCUT2D eigenvalue weighted by atomic mass is 10.1. The topological polar surface area (TPSA) is 73.1 Å². The first-order chi connectivity index (χ1) is 13.8. The van der Waals surface area contributed by atoms with E-state index in [0.29, 0.717) is 12.3 Å². The summed E-state index contributed by atoms with van der Waals surface area (Å²) in [4.78, 5) is 14.6. The van der Waals surface area contributed by atoms with Crippen molar-refractivity contribution in [2.24, 2.45) is 0 Å². The minimum atomic E-state index is -0.105. The van der Waals surface area contributed by atoms with E-state index in [4.69, 9.17) is 4.74 Å². The van der Waals surface area contributed by atoms with Gasteiger partial charge in [0.15, 0.2) is 6.61 Å². The van der Waals surface area contributed by atoms with Crippen molar-refractivity contribution < 1.29 is 9.53 Å². The number of amides is 1. The quantitative estimate of drug-likeness (QED) is 0.519. The van der Waals surface area contributed by atoms with Gasteiger partial charge in [-0.1, -0.05) is 42.5 Å². The van der Waals surface area contributed by atoms with Crippen molar-refractivity contribution in [3.8, 4) is 11.4 Å². The number of anilines is 1. The molecular weight excluding hydrogens is 354 g/mol. The lowest BCUT2D eigenvalue weighted by Gasteiger charge is -2.23. The van der Waals surface area contributed by atoms with E-state index in [1.165, 1.54) is 11.0 Å². The minimum absolute atomic E-state index is 0.0594. The van der Waals surface area contributed by atoms with E-state index in [1.54, 1.807) is 17.0 Å². The van der Waals surface area contributed by atoms with Gasteiger partial charge in [0.25, 0.3) is 5.91 Å². The highest BCUT2D eigenvalue weighted by Crippen LogP contribution is 2.27. The summed E-state index contributed by atoms with van der Waals surface area (Å²) in [6, 6.07) is 21.3. The van der Waals surface area contributed by atoms with E-state index in [1.807, 2.05) is 61.5 Å². The third kappa shape index (κ3) is 3.55. The van der Waals surface area contributed by atoms with Gasteiger partial charge >= 0.3 is 0 Å². The van der Waals surface area contributed by atoms with Crippen LogP contribution in [0.4, 0.5) is 5.69 Å². The highest BCUT2D eigenvalue weighted by atomic mass is 16.5. The summed E-state index contributed by atoms with van der Waals surface area (Å²) in [7, 11) is 0. The second-order valence-corrected chi connectivity index (χ2v) is 6.18. The van der Waals surface area contributed by atoms with E-state index in [-0.39, 0.29) is 12.5 Å². The molecule has 0 aliphatic rings. The zero-order valence-electron chi connectivity index (χ0n) is 15.4. The number of aromatic nitrogens is 4. The van der Waals surface area contributed by atoms with Gasteiger partial charge in [0, 0.05) is 18.0 Å². The molecule has 1 aromatic heterocycles. The largest absolute Gasteiger partial charge is 0.484 e. The van der Waals surface area contributed by atoms with Gasteiger partial charge in [0.1, 0.15) is 12.1 Å². The van der Waals surface area contributed by atoms with Crippen LogP contribution in [0, 0.1) is 0 Å². The molecule has 0 aliphatic heterocycles. The Bertz CT molecular complexity index is 1090. The fourth-order valence-corrected chi connectivity index (χ4v) is 3.14. The van der Waals surface area contributed by atoms with Crippen molar-refractivity contribution in [2.45, 2.75) is 6.92 Å². The Balaban J connectivity index is 1.52. The standard InChI is InChI=1S/C21H19N5O2/c1-2-25(20-12-5-8-16-7-3-4-11-19(16)20)21(27)14-28-18-10-6-9-17(13-18)26-15-22-23-24-26/h3-13,15H,2,14H2,1H3. The van der Waals surface area contributed by atoms with Crippen LogP contribution in [0.25, 0.3) is 16.5 Å². The van der Waals surface area contributed by atoms with Crippen molar-refractivity contribution in [1.29, 1.82) is 0 Å². The van der Waals surface area contributed by atoms with Crippen LogP contribution < -0.4 is 9.64 Å². The summed E-state index contributed by atoms with van der Waals surface area (Å²) in [5.74, 6) is 0.474. The lowest BCUT2D eigenvalue weighted by Crippen LogP contribution is -2.34. The summed E-state index contributed by atoms with van der Waals surface area (Å²) in [5, 5.41) is 13.3. The van der Waals surface area contributed by atoms with Gasteiger partial charge in [0.2, 0.25) is 0 Å². The second-order valence-electron chi connectivity index (χ2n) is 6.18. The molecule has 0 N–H and O–H groups in total. The van der Waals surface area contributed by atoms with E-state index in [2.05, 4.69) is 15.5 Å². The molecule has 0 bridgehead atoms. The molecule has 1 amide bonds. The van der Waals surface area contributed by atoms with Gasteiger partial charge in [-0.25, -0.2) is 4.68 Å². The predicted octanol–water partition coefficient (Wildman–Crippen LogP) is 3.25. The van der Waals surface area contributed by atoms with Crippen molar-refractivity contribution >= 4 is 22.4 Å². The Morgan fingerprint density at radius 2 is 1.89 bits per heavy atom. The summed E-state index contributed by atoms with van der Waals surface area (Å²) < 4.78 is 7.28. The zero-order chi connectivity index (χ0) is 19.3. The molecule has 4 aromatic rings. The van der Waals surface area contributed by atoms with Crippen molar-refractivity contribution in [3.05, 3.63) is 73.1 Å². The first-order valence-corrected chi connectivity index (χ1v) is 9.00. The third-order valence-corrected chi connectivity index (χ3v) is 4.47.